The Hall–Kier alpha value is -4.19. The fraction of sp³-hybridized carbons (Fsp3) is 0.367. The van der Waals surface area contributed by atoms with Gasteiger partial charge in [-0.1, -0.05) is 30.3 Å². The molecule has 0 spiro atoms. The topological polar surface area (TPSA) is 82.2 Å². The van der Waals surface area contributed by atoms with Gasteiger partial charge >= 0.3 is 18.2 Å². The molecule has 0 radical (unpaired) electrons. The van der Waals surface area contributed by atoms with Gasteiger partial charge in [0.15, 0.2) is 0 Å². The molecule has 2 aromatic rings. The van der Waals surface area contributed by atoms with Crippen LogP contribution in [0.1, 0.15) is 41.4 Å². The summed E-state index contributed by atoms with van der Waals surface area (Å²) in [4.78, 5) is 44.6. The monoisotopic (exact) mass is 588 g/mol. The van der Waals surface area contributed by atoms with E-state index in [2.05, 4.69) is 11.9 Å². The summed E-state index contributed by atoms with van der Waals surface area (Å²) in [6, 6.07) is 8.07. The third kappa shape index (κ3) is 6.48. The van der Waals surface area contributed by atoms with Crippen LogP contribution in [0.2, 0.25) is 0 Å². The Balaban J connectivity index is 1.67. The molecule has 2 atom stereocenters. The second kappa shape index (κ2) is 12.8. The Bertz CT molecular complexity index is 1380. The maximum Gasteiger partial charge on any atom is 0.416 e. The molecule has 0 aliphatic carbocycles. The number of benzene rings is 2. The third-order valence-corrected chi connectivity index (χ3v) is 7.27. The van der Waals surface area contributed by atoms with Crippen molar-refractivity contribution in [2.75, 3.05) is 39.3 Å². The predicted octanol–water partition coefficient (Wildman–Crippen LogP) is 4.76. The molecule has 1 N–H and O–H groups in total. The van der Waals surface area contributed by atoms with Gasteiger partial charge in [0.25, 0.3) is 5.91 Å². The molecule has 2 heterocycles. The predicted molar refractivity (Wildman–Crippen MR) is 147 cm³/mol. The number of ether oxygens (including phenoxy) is 1. The fourth-order valence-electron chi connectivity index (χ4n) is 5.24. The molecule has 3 amide bonds. The highest BCUT2D eigenvalue weighted by molar-refractivity contribution is 5.96. The van der Waals surface area contributed by atoms with Gasteiger partial charge in [0.1, 0.15) is 5.82 Å². The number of urea groups is 1. The van der Waals surface area contributed by atoms with Crippen LogP contribution >= 0.6 is 0 Å². The Kier molecular flexibility index (Phi) is 9.35. The molecule has 12 heteroatoms. The van der Waals surface area contributed by atoms with Crippen molar-refractivity contribution in [2.45, 2.75) is 32.1 Å². The van der Waals surface area contributed by atoms with Crippen LogP contribution in [0, 0.1) is 5.82 Å². The smallest absolute Gasteiger partial charge is 0.416 e. The summed E-state index contributed by atoms with van der Waals surface area (Å²) in [6.45, 7) is 8.36. The Morgan fingerprint density at radius 3 is 2.40 bits per heavy atom. The fourth-order valence-corrected chi connectivity index (χ4v) is 5.24. The first-order chi connectivity index (χ1) is 20.0. The van der Waals surface area contributed by atoms with Crippen molar-refractivity contribution in [2.24, 2.45) is 0 Å². The number of esters is 1. The number of hydrogen-bond donors (Lipinski definition) is 1. The molecule has 2 unspecified atom stereocenters. The number of alkyl halides is 3. The number of carbonyl (C=O) groups excluding carboxylic acids is 3. The molecule has 2 aliphatic heterocycles. The van der Waals surface area contributed by atoms with Gasteiger partial charge < -0.3 is 15.0 Å². The lowest BCUT2D eigenvalue weighted by atomic mass is 9.93. The minimum atomic E-state index is -4.55. The maximum atomic E-state index is 14.3. The van der Waals surface area contributed by atoms with E-state index in [9.17, 15) is 31.9 Å². The van der Waals surface area contributed by atoms with Crippen molar-refractivity contribution in [3.05, 3.63) is 95.0 Å². The number of nitrogens with zero attached hydrogens (tertiary/aromatic N) is 3. The van der Waals surface area contributed by atoms with Crippen molar-refractivity contribution >= 4 is 17.9 Å². The van der Waals surface area contributed by atoms with Gasteiger partial charge in [-0.05, 0) is 43.7 Å². The normalized spacial score (nSPS) is 19.9. The highest BCUT2D eigenvalue weighted by Crippen LogP contribution is 2.35. The van der Waals surface area contributed by atoms with Crippen LogP contribution in [0.5, 0.6) is 0 Å². The highest BCUT2D eigenvalue weighted by Gasteiger charge is 2.40. The molecule has 1 fully saturated rings. The molecule has 0 aromatic heterocycles. The minimum absolute atomic E-state index is 0.0226. The first-order valence-electron chi connectivity index (χ1n) is 13.5. The molecule has 224 valence electrons. The number of amides is 3. The summed E-state index contributed by atoms with van der Waals surface area (Å²) in [6.07, 6.45) is -3.05. The number of carbonyl (C=O) groups is 3. The Morgan fingerprint density at radius 2 is 1.81 bits per heavy atom. The molecule has 0 bridgehead atoms. The first kappa shape index (κ1) is 30.8. The van der Waals surface area contributed by atoms with E-state index >= 15 is 0 Å². The molecule has 0 saturated carbocycles. The van der Waals surface area contributed by atoms with Crippen molar-refractivity contribution in [3.63, 3.8) is 0 Å². The van der Waals surface area contributed by atoms with E-state index in [-0.39, 0.29) is 49.0 Å². The van der Waals surface area contributed by atoms with Gasteiger partial charge in [0.2, 0.25) is 0 Å². The average Bonchev–Trinajstić information content (AvgIpc) is 2.94. The largest absolute Gasteiger partial charge is 0.463 e. The molecule has 42 heavy (non-hydrogen) atoms. The van der Waals surface area contributed by atoms with Crippen LogP contribution in [0.15, 0.2) is 72.5 Å². The summed E-state index contributed by atoms with van der Waals surface area (Å²) < 4.78 is 59.2. The molecular weight excluding hydrogens is 556 g/mol. The zero-order valence-corrected chi connectivity index (χ0v) is 23.3. The third-order valence-electron chi connectivity index (χ3n) is 7.27. The van der Waals surface area contributed by atoms with E-state index in [1.165, 1.54) is 41.3 Å². The minimum Gasteiger partial charge on any atom is -0.463 e. The van der Waals surface area contributed by atoms with E-state index in [1.54, 1.807) is 17.9 Å². The Labute approximate surface area is 241 Å². The SMILES string of the molecule is C=CCN1C(=O)NC(c2ccc(C(F)(F)F)cc2)C(C(=O)OCC)=C1CN1CCN(C(=O)c2ccccc2F)C(C)C1. The van der Waals surface area contributed by atoms with E-state index in [0.717, 1.165) is 12.1 Å². The van der Waals surface area contributed by atoms with Crippen LogP contribution in [0.4, 0.5) is 22.4 Å². The Morgan fingerprint density at radius 1 is 1.12 bits per heavy atom. The number of rotatable bonds is 8. The molecule has 8 nitrogen and oxygen atoms in total. The second-order valence-corrected chi connectivity index (χ2v) is 10.0. The van der Waals surface area contributed by atoms with Crippen molar-refractivity contribution < 1.29 is 36.7 Å². The average molecular weight is 589 g/mol. The maximum absolute atomic E-state index is 14.3. The number of nitrogens with one attached hydrogen (secondary N) is 1. The summed E-state index contributed by atoms with van der Waals surface area (Å²) in [5.74, 6) is -1.75. The molecule has 4 rings (SSSR count). The van der Waals surface area contributed by atoms with E-state index in [1.807, 2.05) is 11.8 Å². The van der Waals surface area contributed by atoms with Crippen LogP contribution in [0.25, 0.3) is 0 Å². The molecular formula is C30H32F4N4O4. The number of hydrogen-bond acceptors (Lipinski definition) is 5. The first-order valence-corrected chi connectivity index (χ1v) is 13.5. The van der Waals surface area contributed by atoms with Crippen molar-refractivity contribution in [1.29, 1.82) is 0 Å². The lowest BCUT2D eigenvalue weighted by molar-refractivity contribution is -0.139. The van der Waals surface area contributed by atoms with Crippen molar-refractivity contribution in [1.82, 2.24) is 20.0 Å². The van der Waals surface area contributed by atoms with E-state index < -0.39 is 41.5 Å². The van der Waals surface area contributed by atoms with Crippen LogP contribution in [-0.2, 0) is 15.7 Å². The second-order valence-electron chi connectivity index (χ2n) is 10.0. The van der Waals surface area contributed by atoms with E-state index in [0.29, 0.717) is 18.8 Å². The summed E-state index contributed by atoms with van der Waals surface area (Å²) in [5, 5.41) is 2.73. The molecule has 2 aromatic carbocycles. The zero-order valence-electron chi connectivity index (χ0n) is 23.3. The highest BCUT2D eigenvalue weighted by atomic mass is 19.4. The van der Waals surface area contributed by atoms with Crippen LogP contribution < -0.4 is 5.32 Å². The van der Waals surface area contributed by atoms with Crippen LogP contribution in [-0.4, -0.2) is 78.0 Å². The standard InChI is InChI=1S/C30H32F4N4O4/c1-4-14-38-24(18-36-15-16-37(19(3)17-36)27(39)22-8-6-7-9-23(22)31)25(28(40)42-5-2)26(35-29(38)41)20-10-12-21(13-11-20)30(32,33)34/h4,6-13,19,26H,1,5,14-18H2,2-3H3,(H,35,41). The van der Waals surface area contributed by atoms with E-state index in [4.69, 9.17) is 4.74 Å². The lowest BCUT2D eigenvalue weighted by Crippen LogP contribution is -2.56. The zero-order chi connectivity index (χ0) is 30.6. The van der Waals surface area contributed by atoms with Crippen molar-refractivity contribution in [3.8, 4) is 0 Å². The quantitative estimate of drug-likeness (QED) is 0.273. The van der Waals surface area contributed by atoms with Gasteiger partial charge in [0, 0.05) is 44.5 Å². The van der Waals surface area contributed by atoms with Gasteiger partial charge in [-0.2, -0.15) is 13.2 Å². The van der Waals surface area contributed by atoms with Crippen LogP contribution in [0.3, 0.4) is 0 Å². The summed E-state index contributed by atoms with van der Waals surface area (Å²) in [5.41, 5.74) is -0.187. The summed E-state index contributed by atoms with van der Waals surface area (Å²) >= 11 is 0. The molecule has 2 aliphatic rings. The van der Waals surface area contributed by atoms with Gasteiger partial charge in [-0.3, -0.25) is 14.6 Å². The van der Waals surface area contributed by atoms with Gasteiger partial charge in [0.05, 0.1) is 29.3 Å². The van der Waals surface area contributed by atoms with Gasteiger partial charge in [-0.25, -0.2) is 14.0 Å². The molecule has 1 saturated heterocycles. The lowest BCUT2D eigenvalue weighted by Gasteiger charge is -2.43. The number of halogens is 4. The summed E-state index contributed by atoms with van der Waals surface area (Å²) in [7, 11) is 0. The van der Waals surface area contributed by atoms with Gasteiger partial charge in [-0.15, -0.1) is 6.58 Å². The number of piperazine rings is 1.